The fourth-order valence-corrected chi connectivity index (χ4v) is 1.51. The average Bonchev–Trinajstić information content (AvgIpc) is 2.54. The summed E-state index contributed by atoms with van der Waals surface area (Å²) in [4.78, 5) is 21.8. The number of ketones is 1. The van der Waals surface area contributed by atoms with Gasteiger partial charge in [-0.2, -0.15) is 0 Å². The third-order valence-corrected chi connectivity index (χ3v) is 2.70. The molecule has 2 atom stereocenters. The van der Waals surface area contributed by atoms with Gasteiger partial charge in [0.25, 0.3) is 0 Å². The van der Waals surface area contributed by atoms with E-state index in [0.29, 0.717) is 13.2 Å². The van der Waals surface area contributed by atoms with E-state index in [4.69, 9.17) is 9.47 Å². The van der Waals surface area contributed by atoms with Crippen LogP contribution in [0.25, 0.3) is 0 Å². The van der Waals surface area contributed by atoms with Crippen molar-refractivity contribution in [1.29, 1.82) is 0 Å². The van der Waals surface area contributed by atoms with Gasteiger partial charge in [0.2, 0.25) is 0 Å². The number of hydrogen-bond acceptors (Lipinski definition) is 7. The van der Waals surface area contributed by atoms with Gasteiger partial charge in [0.1, 0.15) is 12.7 Å². The molecule has 0 aromatic carbocycles. The van der Waals surface area contributed by atoms with E-state index in [1.54, 1.807) is 0 Å². The first-order valence-corrected chi connectivity index (χ1v) is 7.45. The number of ether oxygens (including phenoxy) is 3. The van der Waals surface area contributed by atoms with Crippen LogP contribution in [-0.2, 0) is 23.8 Å². The largest absolute Gasteiger partial charge is 0.460 e. The fraction of sp³-hybridized carbons (Fsp3) is 0.625. The van der Waals surface area contributed by atoms with Crippen molar-refractivity contribution >= 4 is 11.8 Å². The van der Waals surface area contributed by atoms with Gasteiger partial charge in [0.15, 0.2) is 5.78 Å². The van der Waals surface area contributed by atoms with Gasteiger partial charge in [-0.25, -0.2) is 4.79 Å². The number of unbranched alkanes of at least 4 members (excludes halogenated alkanes) is 1. The van der Waals surface area contributed by atoms with E-state index in [0.717, 1.165) is 18.9 Å². The van der Waals surface area contributed by atoms with Crippen molar-refractivity contribution in [3.05, 3.63) is 25.3 Å². The first-order chi connectivity index (χ1) is 11.0. The van der Waals surface area contributed by atoms with Gasteiger partial charge in [-0.1, -0.05) is 13.2 Å². The first kappa shape index (κ1) is 21.5. The molecule has 132 valence electrons. The van der Waals surface area contributed by atoms with Crippen LogP contribution in [0.3, 0.4) is 0 Å². The second kappa shape index (κ2) is 14.1. The minimum atomic E-state index is -0.868. The van der Waals surface area contributed by atoms with E-state index in [9.17, 15) is 19.8 Å². The van der Waals surface area contributed by atoms with Crippen molar-refractivity contribution in [3.8, 4) is 0 Å². The van der Waals surface area contributed by atoms with Gasteiger partial charge in [-0.05, 0) is 18.9 Å². The molecule has 0 aromatic heterocycles. The molecule has 0 aliphatic carbocycles. The second-order valence-electron chi connectivity index (χ2n) is 4.87. The molecule has 0 saturated heterocycles. The molecule has 23 heavy (non-hydrogen) atoms. The van der Waals surface area contributed by atoms with Crippen molar-refractivity contribution < 1.29 is 34.0 Å². The number of rotatable bonds is 15. The van der Waals surface area contributed by atoms with Crippen molar-refractivity contribution in [2.45, 2.75) is 31.5 Å². The number of allylic oxidation sites excluding steroid dienone is 1. The highest BCUT2D eigenvalue weighted by atomic mass is 16.5. The maximum absolute atomic E-state index is 11.0. The van der Waals surface area contributed by atoms with Gasteiger partial charge in [-0.15, -0.1) is 0 Å². The summed E-state index contributed by atoms with van der Waals surface area (Å²) in [5, 5.41) is 18.9. The van der Waals surface area contributed by atoms with Gasteiger partial charge in [0, 0.05) is 25.7 Å². The van der Waals surface area contributed by atoms with Gasteiger partial charge in [0.05, 0.1) is 19.3 Å². The highest BCUT2D eigenvalue weighted by Crippen LogP contribution is 1.98. The number of esters is 1. The Bertz CT molecular complexity index is 367. The molecule has 0 radical (unpaired) electrons. The molecule has 0 bridgehead atoms. The number of hydrogen-bond donors (Lipinski definition) is 2. The number of carbonyl (C=O) groups is 2. The summed E-state index contributed by atoms with van der Waals surface area (Å²) < 4.78 is 15.1. The SMILES string of the molecule is C=CC(=O)CC(O)COCCCCOCC(O)COC(=O)C=C. The molecule has 0 aromatic rings. The van der Waals surface area contributed by atoms with Crippen molar-refractivity contribution in [2.75, 3.05) is 33.0 Å². The van der Waals surface area contributed by atoms with Crippen LogP contribution in [0.5, 0.6) is 0 Å². The number of aliphatic hydroxyl groups excluding tert-OH is 2. The Labute approximate surface area is 136 Å². The Morgan fingerprint density at radius 2 is 1.48 bits per heavy atom. The average molecular weight is 330 g/mol. The summed E-state index contributed by atoms with van der Waals surface area (Å²) in [6.07, 6.45) is 1.98. The van der Waals surface area contributed by atoms with E-state index in [1.165, 1.54) is 6.08 Å². The smallest absolute Gasteiger partial charge is 0.330 e. The first-order valence-electron chi connectivity index (χ1n) is 7.45. The molecular formula is C16H26O7. The van der Waals surface area contributed by atoms with E-state index in [2.05, 4.69) is 17.9 Å². The van der Waals surface area contributed by atoms with Gasteiger partial charge in [-0.3, -0.25) is 4.79 Å². The molecule has 0 spiro atoms. The van der Waals surface area contributed by atoms with Crippen LogP contribution in [0.1, 0.15) is 19.3 Å². The Balaban J connectivity index is 3.39. The summed E-state index contributed by atoms with van der Waals surface area (Å²) >= 11 is 0. The molecule has 2 unspecified atom stereocenters. The highest BCUT2D eigenvalue weighted by Gasteiger charge is 2.08. The zero-order valence-electron chi connectivity index (χ0n) is 13.3. The van der Waals surface area contributed by atoms with Crippen LogP contribution in [0.15, 0.2) is 25.3 Å². The molecule has 0 amide bonds. The van der Waals surface area contributed by atoms with Crippen LogP contribution < -0.4 is 0 Å². The predicted octanol–water partition coefficient (Wildman–Crippen LogP) is 0.396. The minimum Gasteiger partial charge on any atom is -0.460 e. The van der Waals surface area contributed by atoms with Crippen LogP contribution in [0.2, 0.25) is 0 Å². The minimum absolute atomic E-state index is 0.0148. The van der Waals surface area contributed by atoms with E-state index in [-0.39, 0.29) is 32.0 Å². The molecular weight excluding hydrogens is 304 g/mol. The lowest BCUT2D eigenvalue weighted by atomic mass is 10.2. The molecule has 0 heterocycles. The van der Waals surface area contributed by atoms with E-state index >= 15 is 0 Å². The van der Waals surface area contributed by atoms with E-state index in [1.807, 2.05) is 0 Å². The molecule has 0 aliphatic rings. The lowest BCUT2D eigenvalue weighted by molar-refractivity contribution is -0.141. The maximum atomic E-state index is 11.0. The Kier molecular flexibility index (Phi) is 13.1. The molecule has 7 heteroatoms. The Hall–Kier alpha value is -1.54. The van der Waals surface area contributed by atoms with Crippen LogP contribution >= 0.6 is 0 Å². The van der Waals surface area contributed by atoms with Crippen molar-refractivity contribution in [2.24, 2.45) is 0 Å². The molecule has 2 N–H and O–H groups in total. The molecule has 0 fully saturated rings. The molecule has 0 rings (SSSR count). The highest BCUT2D eigenvalue weighted by molar-refractivity contribution is 5.89. The Morgan fingerprint density at radius 3 is 2.00 bits per heavy atom. The summed E-state index contributed by atoms with van der Waals surface area (Å²) in [5.41, 5.74) is 0. The summed E-state index contributed by atoms with van der Waals surface area (Å²) in [6.45, 7) is 7.51. The Morgan fingerprint density at radius 1 is 0.913 bits per heavy atom. The standard InChI is InChI=1S/C16H26O7/c1-3-13(17)9-14(18)10-21-7-5-6-8-22-11-15(19)12-23-16(20)4-2/h3-4,14-15,18-19H,1-2,5-12H2. The normalized spacial score (nSPS) is 13.1. The zero-order chi connectivity index (χ0) is 17.5. The van der Waals surface area contributed by atoms with Crippen LogP contribution in [-0.4, -0.2) is 67.2 Å². The zero-order valence-corrected chi connectivity index (χ0v) is 13.3. The monoisotopic (exact) mass is 330 g/mol. The van der Waals surface area contributed by atoms with Gasteiger partial charge < -0.3 is 24.4 Å². The van der Waals surface area contributed by atoms with Gasteiger partial charge >= 0.3 is 5.97 Å². The number of carbonyl (C=O) groups excluding carboxylic acids is 2. The number of aliphatic hydroxyl groups is 2. The molecule has 0 aliphatic heterocycles. The lowest BCUT2D eigenvalue weighted by Gasteiger charge is -2.11. The lowest BCUT2D eigenvalue weighted by Crippen LogP contribution is -2.23. The van der Waals surface area contributed by atoms with Crippen LogP contribution in [0.4, 0.5) is 0 Å². The fourth-order valence-electron chi connectivity index (χ4n) is 1.51. The van der Waals surface area contributed by atoms with Crippen molar-refractivity contribution in [3.63, 3.8) is 0 Å². The summed E-state index contributed by atoms with van der Waals surface area (Å²) in [5.74, 6) is -0.801. The maximum Gasteiger partial charge on any atom is 0.330 e. The van der Waals surface area contributed by atoms with Crippen molar-refractivity contribution in [1.82, 2.24) is 0 Å². The topological polar surface area (TPSA) is 102 Å². The second-order valence-corrected chi connectivity index (χ2v) is 4.87. The van der Waals surface area contributed by atoms with Crippen LogP contribution in [0, 0.1) is 0 Å². The van der Waals surface area contributed by atoms with E-state index < -0.39 is 18.2 Å². The summed E-state index contributed by atoms with van der Waals surface area (Å²) in [6, 6.07) is 0. The third kappa shape index (κ3) is 13.8. The molecule has 0 saturated carbocycles. The molecule has 7 nitrogen and oxygen atoms in total. The quantitative estimate of drug-likeness (QED) is 0.254. The predicted molar refractivity (Wildman–Crippen MR) is 83.9 cm³/mol. The third-order valence-electron chi connectivity index (χ3n) is 2.70. The summed E-state index contributed by atoms with van der Waals surface area (Å²) in [7, 11) is 0.